The number of amides is 1. The van der Waals surface area contributed by atoms with Crippen molar-refractivity contribution in [1.82, 2.24) is 10.2 Å². The van der Waals surface area contributed by atoms with Gasteiger partial charge in [-0.05, 0) is 26.2 Å². The lowest BCUT2D eigenvalue weighted by atomic mass is 9.90. The molecule has 0 aromatic rings. The van der Waals surface area contributed by atoms with Gasteiger partial charge in [-0.15, -0.1) is 0 Å². The number of piperidine rings is 1. The first-order valence-corrected chi connectivity index (χ1v) is 7.02. The molecular weight excluding hydrogens is 273 g/mol. The Hall–Kier alpha value is -0.820. The molecule has 0 aromatic carbocycles. The number of hydrogen-bond acceptors (Lipinski definition) is 3. The quantitative estimate of drug-likeness (QED) is 0.759. The molecule has 1 fully saturated rings. The van der Waals surface area contributed by atoms with Crippen molar-refractivity contribution < 1.29 is 23.1 Å². The molecule has 0 spiro atoms. The Kier molecular flexibility index (Phi) is 5.82. The van der Waals surface area contributed by atoms with Crippen LogP contribution in [-0.2, 0) is 4.79 Å². The molecule has 20 heavy (non-hydrogen) atoms. The molecule has 1 rings (SSSR count). The van der Waals surface area contributed by atoms with Gasteiger partial charge in [0.1, 0.15) is 0 Å². The van der Waals surface area contributed by atoms with Gasteiger partial charge in [0.25, 0.3) is 0 Å². The van der Waals surface area contributed by atoms with Gasteiger partial charge in [-0.2, -0.15) is 13.2 Å². The number of nitrogens with zero attached hydrogens (tertiary/aromatic N) is 1. The van der Waals surface area contributed by atoms with Crippen LogP contribution in [0.3, 0.4) is 0 Å². The van der Waals surface area contributed by atoms with E-state index in [0.717, 1.165) is 12.8 Å². The monoisotopic (exact) mass is 296 g/mol. The summed E-state index contributed by atoms with van der Waals surface area (Å²) >= 11 is 0. The molecule has 1 unspecified atom stereocenters. The van der Waals surface area contributed by atoms with E-state index in [2.05, 4.69) is 5.32 Å². The Bertz CT molecular complexity index is 326. The van der Waals surface area contributed by atoms with Crippen LogP contribution in [-0.4, -0.2) is 53.4 Å². The van der Waals surface area contributed by atoms with Crippen LogP contribution in [0.1, 0.15) is 39.5 Å². The first kappa shape index (κ1) is 17.2. The topological polar surface area (TPSA) is 52.6 Å². The zero-order valence-corrected chi connectivity index (χ0v) is 12.0. The van der Waals surface area contributed by atoms with Crippen LogP contribution in [0.15, 0.2) is 0 Å². The van der Waals surface area contributed by atoms with E-state index in [9.17, 15) is 23.1 Å². The van der Waals surface area contributed by atoms with Gasteiger partial charge in [0.2, 0.25) is 5.91 Å². The van der Waals surface area contributed by atoms with Crippen molar-refractivity contribution in [2.24, 2.45) is 0 Å². The van der Waals surface area contributed by atoms with E-state index in [0.29, 0.717) is 6.54 Å². The zero-order valence-electron chi connectivity index (χ0n) is 12.0. The number of halogens is 3. The largest absolute Gasteiger partial charge is 0.417 e. The highest BCUT2D eigenvalue weighted by Gasteiger charge is 2.54. The lowest BCUT2D eigenvalue weighted by Crippen LogP contribution is -2.57. The zero-order chi connectivity index (χ0) is 15.4. The van der Waals surface area contributed by atoms with Crippen molar-refractivity contribution in [3.63, 3.8) is 0 Å². The minimum atomic E-state index is -4.61. The van der Waals surface area contributed by atoms with Crippen molar-refractivity contribution in [3.05, 3.63) is 0 Å². The van der Waals surface area contributed by atoms with Crippen LogP contribution < -0.4 is 5.32 Å². The van der Waals surface area contributed by atoms with Crippen molar-refractivity contribution in [2.75, 3.05) is 19.6 Å². The first-order chi connectivity index (χ1) is 9.21. The summed E-state index contributed by atoms with van der Waals surface area (Å²) < 4.78 is 38.0. The summed E-state index contributed by atoms with van der Waals surface area (Å²) in [7, 11) is 0. The van der Waals surface area contributed by atoms with Crippen LogP contribution in [0.4, 0.5) is 13.2 Å². The molecule has 0 aromatic heterocycles. The molecule has 118 valence electrons. The highest BCUT2D eigenvalue weighted by molar-refractivity contribution is 5.81. The second-order valence-corrected chi connectivity index (χ2v) is 5.39. The van der Waals surface area contributed by atoms with Gasteiger partial charge < -0.3 is 10.4 Å². The number of carbonyl (C=O) groups is 1. The third-order valence-corrected chi connectivity index (χ3v) is 3.91. The molecule has 0 bridgehead atoms. The summed E-state index contributed by atoms with van der Waals surface area (Å²) in [4.78, 5) is 13.5. The summed E-state index contributed by atoms with van der Waals surface area (Å²) in [6, 6.07) is -0.468. The Morgan fingerprint density at radius 3 is 2.40 bits per heavy atom. The van der Waals surface area contributed by atoms with E-state index < -0.39 is 17.8 Å². The van der Waals surface area contributed by atoms with Crippen molar-refractivity contribution >= 4 is 5.91 Å². The van der Waals surface area contributed by atoms with E-state index >= 15 is 0 Å². The summed E-state index contributed by atoms with van der Waals surface area (Å²) in [5.41, 5.74) is -2.61. The third kappa shape index (κ3) is 4.09. The molecule has 1 saturated heterocycles. The van der Waals surface area contributed by atoms with Crippen LogP contribution in [0.2, 0.25) is 0 Å². The molecule has 7 heteroatoms. The number of rotatable bonds is 5. The van der Waals surface area contributed by atoms with Gasteiger partial charge in [-0.1, -0.05) is 13.3 Å². The third-order valence-electron chi connectivity index (χ3n) is 3.91. The van der Waals surface area contributed by atoms with Gasteiger partial charge in [0.05, 0.1) is 6.04 Å². The van der Waals surface area contributed by atoms with Crippen LogP contribution in [0.25, 0.3) is 0 Å². The van der Waals surface area contributed by atoms with Crippen LogP contribution >= 0.6 is 0 Å². The Morgan fingerprint density at radius 2 is 1.95 bits per heavy atom. The van der Waals surface area contributed by atoms with Crippen molar-refractivity contribution in [1.29, 1.82) is 0 Å². The number of nitrogens with one attached hydrogen (secondary N) is 1. The Morgan fingerprint density at radius 1 is 1.40 bits per heavy atom. The van der Waals surface area contributed by atoms with E-state index in [1.807, 2.05) is 6.92 Å². The average Bonchev–Trinajstić information content (AvgIpc) is 2.37. The molecule has 0 saturated carbocycles. The van der Waals surface area contributed by atoms with Gasteiger partial charge >= 0.3 is 6.18 Å². The standard InChI is InChI=1S/C13H23F3N2O2/c1-3-4-7-17-11(19)10(2)18-8-5-12(20,6-9-18)13(14,15)16/h10,20H,3-9H2,1-2H3,(H,17,19). The fraction of sp³-hybridized carbons (Fsp3) is 0.923. The van der Waals surface area contributed by atoms with Gasteiger partial charge in [-0.25, -0.2) is 0 Å². The maximum Gasteiger partial charge on any atom is 0.417 e. The average molecular weight is 296 g/mol. The predicted octanol–water partition coefficient (Wildman–Crippen LogP) is 1.68. The summed E-state index contributed by atoms with van der Waals surface area (Å²) in [5.74, 6) is -0.170. The number of unbranched alkanes of at least 4 members (excludes halogenated alkanes) is 1. The summed E-state index contributed by atoms with van der Waals surface area (Å²) in [5, 5.41) is 12.3. The molecule has 0 aliphatic carbocycles. The molecular formula is C13H23F3N2O2. The molecule has 4 nitrogen and oxygen atoms in total. The Balaban J connectivity index is 2.46. The predicted molar refractivity (Wildman–Crippen MR) is 69.2 cm³/mol. The fourth-order valence-corrected chi connectivity index (χ4v) is 2.27. The van der Waals surface area contributed by atoms with E-state index in [-0.39, 0.29) is 31.8 Å². The lowest BCUT2D eigenvalue weighted by molar-refractivity contribution is -0.273. The molecule has 0 radical (unpaired) electrons. The molecule has 1 aliphatic heterocycles. The van der Waals surface area contributed by atoms with Gasteiger partial charge in [0.15, 0.2) is 5.60 Å². The number of likely N-dealkylation sites (tertiary alicyclic amines) is 1. The van der Waals surface area contributed by atoms with Crippen LogP contribution in [0.5, 0.6) is 0 Å². The fourth-order valence-electron chi connectivity index (χ4n) is 2.27. The van der Waals surface area contributed by atoms with Gasteiger partial charge in [0, 0.05) is 19.6 Å². The smallest absolute Gasteiger partial charge is 0.380 e. The number of hydrogen-bond donors (Lipinski definition) is 2. The number of aliphatic hydroxyl groups is 1. The van der Waals surface area contributed by atoms with E-state index in [4.69, 9.17) is 0 Å². The van der Waals surface area contributed by atoms with Crippen LogP contribution in [0, 0.1) is 0 Å². The highest BCUT2D eigenvalue weighted by Crippen LogP contribution is 2.38. The highest BCUT2D eigenvalue weighted by atomic mass is 19.4. The number of alkyl halides is 3. The molecule has 1 heterocycles. The lowest BCUT2D eigenvalue weighted by Gasteiger charge is -2.40. The molecule has 1 aliphatic rings. The van der Waals surface area contributed by atoms with Crippen molar-refractivity contribution in [3.8, 4) is 0 Å². The molecule has 1 atom stereocenters. The first-order valence-electron chi connectivity index (χ1n) is 7.02. The molecule has 1 amide bonds. The molecule has 2 N–H and O–H groups in total. The van der Waals surface area contributed by atoms with E-state index in [1.54, 1.807) is 11.8 Å². The maximum absolute atomic E-state index is 12.7. The Labute approximate surface area is 117 Å². The number of carbonyl (C=O) groups excluding carboxylic acids is 1. The minimum Gasteiger partial charge on any atom is -0.380 e. The summed E-state index contributed by atoms with van der Waals surface area (Å²) in [6.07, 6.45) is -3.53. The van der Waals surface area contributed by atoms with Gasteiger partial charge in [-0.3, -0.25) is 9.69 Å². The second-order valence-electron chi connectivity index (χ2n) is 5.39. The van der Waals surface area contributed by atoms with E-state index in [1.165, 1.54) is 0 Å². The normalized spacial score (nSPS) is 21.5. The maximum atomic E-state index is 12.7. The minimum absolute atomic E-state index is 0.0678. The summed E-state index contributed by atoms with van der Waals surface area (Å²) in [6.45, 7) is 4.41. The SMILES string of the molecule is CCCCNC(=O)C(C)N1CCC(O)(C(F)(F)F)CC1. The van der Waals surface area contributed by atoms with Crippen molar-refractivity contribution in [2.45, 2.75) is 57.3 Å². The second kappa shape index (κ2) is 6.76.